The lowest BCUT2D eigenvalue weighted by Crippen LogP contribution is -2.29. The Morgan fingerprint density at radius 1 is 1.03 bits per heavy atom. The Morgan fingerprint density at radius 2 is 1.75 bits per heavy atom. The zero-order valence-electron chi connectivity index (χ0n) is 18.5. The summed E-state index contributed by atoms with van der Waals surface area (Å²) < 4.78 is 11.3. The number of aryl methyl sites for hydroxylation is 2. The largest absolute Gasteiger partial charge is 0.507 e. The molecule has 0 aliphatic carbocycles. The lowest BCUT2D eigenvalue weighted by molar-refractivity contribution is -0.132. The van der Waals surface area contributed by atoms with Crippen LogP contribution in [-0.2, 0) is 9.59 Å². The summed E-state index contributed by atoms with van der Waals surface area (Å²) in [5, 5.41) is 11.2. The van der Waals surface area contributed by atoms with Crippen LogP contribution in [0.1, 0.15) is 42.3 Å². The third kappa shape index (κ3) is 3.91. The molecule has 1 unspecified atom stereocenters. The summed E-state index contributed by atoms with van der Waals surface area (Å²) in [6.07, 6.45) is 1.43. The highest BCUT2D eigenvalue weighted by atomic mass is 16.5. The van der Waals surface area contributed by atoms with Crippen LogP contribution in [0.5, 0.6) is 5.75 Å². The van der Waals surface area contributed by atoms with Gasteiger partial charge in [-0.3, -0.25) is 14.5 Å². The SMILES string of the molecule is Cc1cc(C)cc(N2C(=O)C(=O)/C(=C(\O)c3cccc(OC(C)C)c3)C2c2ccco2)c1. The Balaban J connectivity index is 1.89. The van der Waals surface area contributed by atoms with E-state index in [-0.39, 0.29) is 17.4 Å². The van der Waals surface area contributed by atoms with Gasteiger partial charge in [-0.25, -0.2) is 0 Å². The first-order valence-electron chi connectivity index (χ1n) is 10.5. The normalized spacial score (nSPS) is 17.9. The van der Waals surface area contributed by atoms with Crippen molar-refractivity contribution in [2.75, 3.05) is 4.90 Å². The lowest BCUT2D eigenvalue weighted by Gasteiger charge is -2.24. The second-order valence-corrected chi connectivity index (χ2v) is 8.22. The fourth-order valence-corrected chi connectivity index (χ4v) is 4.05. The second-order valence-electron chi connectivity index (χ2n) is 8.22. The number of aliphatic hydroxyl groups is 1. The summed E-state index contributed by atoms with van der Waals surface area (Å²) in [6.45, 7) is 7.65. The standard InChI is InChI=1S/C26H25NO5/c1-15(2)32-20-8-5-7-18(14-20)24(28)22-23(21-9-6-10-31-21)27(26(30)25(22)29)19-12-16(3)11-17(4)13-19/h5-15,23,28H,1-4H3/b24-22-. The Labute approximate surface area is 186 Å². The van der Waals surface area contributed by atoms with Crippen molar-refractivity contribution in [3.05, 3.63) is 88.9 Å². The number of ketones is 1. The molecule has 6 heteroatoms. The molecule has 0 radical (unpaired) electrons. The fraction of sp³-hybridized carbons (Fsp3) is 0.231. The number of Topliss-reactive ketones (excluding diaryl/α,β-unsaturated/α-hetero) is 1. The monoisotopic (exact) mass is 431 g/mol. The third-order valence-electron chi connectivity index (χ3n) is 5.22. The molecule has 1 aliphatic heterocycles. The van der Waals surface area contributed by atoms with E-state index >= 15 is 0 Å². The topological polar surface area (TPSA) is 80.0 Å². The Bertz CT molecular complexity index is 1190. The molecule has 4 rings (SSSR count). The minimum Gasteiger partial charge on any atom is -0.507 e. The van der Waals surface area contributed by atoms with E-state index in [9.17, 15) is 14.7 Å². The highest BCUT2D eigenvalue weighted by molar-refractivity contribution is 6.51. The van der Waals surface area contributed by atoms with Gasteiger partial charge in [0.15, 0.2) is 0 Å². The average molecular weight is 431 g/mol. The molecule has 1 atom stereocenters. The van der Waals surface area contributed by atoms with Crippen LogP contribution in [0.2, 0.25) is 0 Å². The van der Waals surface area contributed by atoms with Crippen LogP contribution < -0.4 is 9.64 Å². The number of hydrogen-bond donors (Lipinski definition) is 1. The number of furan rings is 1. The van der Waals surface area contributed by atoms with Gasteiger partial charge in [0.25, 0.3) is 11.7 Å². The molecular formula is C26H25NO5. The summed E-state index contributed by atoms with van der Waals surface area (Å²) in [5.74, 6) is -0.807. The second kappa shape index (κ2) is 8.38. The van der Waals surface area contributed by atoms with Crippen molar-refractivity contribution in [2.45, 2.75) is 39.8 Å². The molecular weight excluding hydrogens is 406 g/mol. The van der Waals surface area contributed by atoms with Gasteiger partial charge in [-0.2, -0.15) is 0 Å². The van der Waals surface area contributed by atoms with E-state index < -0.39 is 17.7 Å². The molecule has 0 spiro atoms. The van der Waals surface area contributed by atoms with Crippen molar-refractivity contribution >= 4 is 23.1 Å². The quantitative estimate of drug-likeness (QED) is 0.336. The summed E-state index contributed by atoms with van der Waals surface area (Å²) in [6, 6.07) is 15.0. The van der Waals surface area contributed by atoms with Gasteiger partial charge in [0.1, 0.15) is 23.3 Å². The maximum atomic E-state index is 13.2. The predicted octanol–water partition coefficient (Wildman–Crippen LogP) is 5.31. The number of anilines is 1. The molecule has 32 heavy (non-hydrogen) atoms. The first-order chi connectivity index (χ1) is 15.3. The average Bonchev–Trinajstić information content (AvgIpc) is 3.33. The molecule has 0 saturated carbocycles. The number of carbonyl (C=O) groups is 2. The van der Waals surface area contributed by atoms with Gasteiger partial charge in [0.2, 0.25) is 0 Å². The minimum atomic E-state index is -0.888. The lowest BCUT2D eigenvalue weighted by atomic mass is 9.99. The number of aliphatic hydroxyl groups excluding tert-OH is 1. The van der Waals surface area contributed by atoms with Crippen LogP contribution in [0.15, 0.2) is 70.9 Å². The van der Waals surface area contributed by atoms with Crippen LogP contribution in [0.4, 0.5) is 5.69 Å². The zero-order chi connectivity index (χ0) is 23.0. The van der Waals surface area contributed by atoms with Gasteiger partial charge in [0.05, 0.1) is 17.9 Å². The first-order valence-corrected chi connectivity index (χ1v) is 10.5. The van der Waals surface area contributed by atoms with Crippen LogP contribution >= 0.6 is 0 Å². The molecule has 0 bridgehead atoms. The molecule has 2 heterocycles. The van der Waals surface area contributed by atoms with Crippen molar-refractivity contribution in [3.63, 3.8) is 0 Å². The van der Waals surface area contributed by atoms with E-state index in [1.54, 1.807) is 36.4 Å². The molecule has 6 nitrogen and oxygen atoms in total. The van der Waals surface area contributed by atoms with E-state index in [0.717, 1.165) is 11.1 Å². The Kier molecular flexibility index (Phi) is 5.61. The van der Waals surface area contributed by atoms with Crippen molar-refractivity contribution in [1.82, 2.24) is 0 Å². The molecule has 1 aliphatic rings. The van der Waals surface area contributed by atoms with Crippen molar-refractivity contribution in [2.24, 2.45) is 0 Å². The molecule has 1 amide bonds. The number of amides is 1. The number of carbonyl (C=O) groups excluding carboxylic acids is 2. The zero-order valence-corrected chi connectivity index (χ0v) is 18.5. The summed E-state index contributed by atoms with van der Waals surface area (Å²) in [7, 11) is 0. The first kappa shape index (κ1) is 21.4. The highest BCUT2D eigenvalue weighted by Crippen LogP contribution is 2.42. The van der Waals surface area contributed by atoms with Crippen LogP contribution in [0.25, 0.3) is 5.76 Å². The number of benzene rings is 2. The van der Waals surface area contributed by atoms with E-state index in [1.807, 2.05) is 45.9 Å². The molecule has 2 aromatic carbocycles. The van der Waals surface area contributed by atoms with E-state index in [1.165, 1.54) is 11.2 Å². The van der Waals surface area contributed by atoms with Gasteiger partial charge < -0.3 is 14.3 Å². The third-order valence-corrected chi connectivity index (χ3v) is 5.22. The smallest absolute Gasteiger partial charge is 0.300 e. The van der Waals surface area contributed by atoms with Crippen molar-refractivity contribution < 1.29 is 23.8 Å². The van der Waals surface area contributed by atoms with Gasteiger partial charge in [-0.15, -0.1) is 0 Å². The fourth-order valence-electron chi connectivity index (χ4n) is 4.05. The Morgan fingerprint density at radius 3 is 2.38 bits per heavy atom. The molecule has 1 aromatic heterocycles. The highest BCUT2D eigenvalue weighted by Gasteiger charge is 2.48. The van der Waals surface area contributed by atoms with Gasteiger partial charge >= 0.3 is 0 Å². The van der Waals surface area contributed by atoms with Gasteiger partial charge in [-0.05, 0) is 75.2 Å². The molecule has 164 valence electrons. The van der Waals surface area contributed by atoms with E-state index in [0.29, 0.717) is 22.8 Å². The van der Waals surface area contributed by atoms with Crippen molar-refractivity contribution in [3.8, 4) is 5.75 Å². The Hall–Kier alpha value is -3.80. The summed E-state index contributed by atoms with van der Waals surface area (Å²) >= 11 is 0. The van der Waals surface area contributed by atoms with Crippen molar-refractivity contribution in [1.29, 1.82) is 0 Å². The molecule has 3 aromatic rings. The van der Waals surface area contributed by atoms with Gasteiger partial charge in [0, 0.05) is 11.3 Å². The maximum absolute atomic E-state index is 13.2. The predicted molar refractivity (Wildman–Crippen MR) is 122 cm³/mol. The van der Waals surface area contributed by atoms with Gasteiger partial charge in [-0.1, -0.05) is 18.2 Å². The van der Waals surface area contributed by atoms with Crippen LogP contribution in [0.3, 0.4) is 0 Å². The van der Waals surface area contributed by atoms with Crippen LogP contribution in [-0.4, -0.2) is 22.9 Å². The van der Waals surface area contributed by atoms with E-state index in [4.69, 9.17) is 9.15 Å². The number of hydrogen-bond acceptors (Lipinski definition) is 5. The molecule has 1 N–H and O–H groups in total. The molecule has 1 fully saturated rings. The minimum absolute atomic E-state index is 0.0224. The maximum Gasteiger partial charge on any atom is 0.300 e. The molecule has 1 saturated heterocycles. The number of ether oxygens (including phenoxy) is 1. The number of rotatable bonds is 5. The van der Waals surface area contributed by atoms with Crippen LogP contribution in [0, 0.1) is 13.8 Å². The summed E-state index contributed by atoms with van der Waals surface area (Å²) in [4.78, 5) is 27.7. The number of nitrogens with zero attached hydrogens (tertiary/aromatic N) is 1. The van der Waals surface area contributed by atoms with E-state index in [2.05, 4.69) is 0 Å². The summed E-state index contributed by atoms with van der Waals surface area (Å²) in [5.41, 5.74) is 2.85.